The van der Waals surface area contributed by atoms with Crippen LogP contribution in [0.1, 0.15) is 31.7 Å². The van der Waals surface area contributed by atoms with Crippen molar-refractivity contribution in [1.82, 2.24) is 15.2 Å². The molecule has 1 aromatic heterocycles. The van der Waals surface area contributed by atoms with Gasteiger partial charge in [0, 0.05) is 30.6 Å². The molecule has 0 radical (unpaired) electrons. The number of fused-ring (bicyclic) bond motifs is 1. The molecule has 1 aliphatic heterocycles. The van der Waals surface area contributed by atoms with Gasteiger partial charge in [-0.3, -0.25) is 14.7 Å². The van der Waals surface area contributed by atoms with Gasteiger partial charge in [-0.2, -0.15) is 0 Å². The zero-order valence-corrected chi connectivity index (χ0v) is 13.8. The number of benzene rings is 1. The van der Waals surface area contributed by atoms with E-state index in [2.05, 4.69) is 46.4 Å². The Labute approximate surface area is 137 Å². The first-order valence-electron chi connectivity index (χ1n) is 8.60. The molecule has 1 amide bonds. The Kier molecular flexibility index (Phi) is 5.23. The third kappa shape index (κ3) is 3.88. The SMILES string of the molecule is CCCNC(=O)C1CCN(Cc2cccc3cccnc23)CC1. The average Bonchev–Trinajstić information content (AvgIpc) is 2.60. The van der Waals surface area contributed by atoms with Crippen molar-refractivity contribution in [3.8, 4) is 0 Å². The van der Waals surface area contributed by atoms with Crippen LogP contribution >= 0.6 is 0 Å². The number of rotatable bonds is 5. The molecule has 122 valence electrons. The fourth-order valence-electron chi connectivity index (χ4n) is 3.28. The van der Waals surface area contributed by atoms with Crippen molar-refractivity contribution in [3.05, 3.63) is 42.1 Å². The lowest BCUT2D eigenvalue weighted by atomic mass is 9.95. The van der Waals surface area contributed by atoms with Crippen molar-refractivity contribution >= 4 is 16.8 Å². The zero-order chi connectivity index (χ0) is 16.1. The summed E-state index contributed by atoms with van der Waals surface area (Å²) >= 11 is 0. The number of carbonyl (C=O) groups excluding carboxylic acids is 1. The van der Waals surface area contributed by atoms with Crippen LogP contribution < -0.4 is 5.32 Å². The summed E-state index contributed by atoms with van der Waals surface area (Å²) in [7, 11) is 0. The second-order valence-electron chi connectivity index (χ2n) is 6.33. The van der Waals surface area contributed by atoms with Crippen LogP contribution in [-0.2, 0) is 11.3 Å². The first kappa shape index (κ1) is 15.9. The molecule has 0 atom stereocenters. The highest BCUT2D eigenvalue weighted by Crippen LogP contribution is 2.22. The van der Waals surface area contributed by atoms with Gasteiger partial charge in [0.05, 0.1) is 5.52 Å². The van der Waals surface area contributed by atoms with Gasteiger partial charge in [0.25, 0.3) is 0 Å². The molecule has 1 aliphatic rings. The van der Waals surface area contributed by atoms with Gasteiger partial charge in [0.1, 0.15) is 0 Å². The van der Waals surface area contributed by atoms with Crippen molar-refractivity contribution in [2.75, 3.05) is 19.6 Å². The second-order valence-corrected chi connectivity index (χ2v) is 6.33. The normalized spacial score (nSPS) is 16.6. The fraction of sp³-hybridized carbons (Fsp3) is 0.474. The summed E-state index contributed by atoms with van der Waals surface area (Å²) in [6.07, 6.45) is 4.76. The summed E-state index contributed by atoms with van der Waals surface area (Å²) in [4.78, 5) is 19.0. The van der Waals surface area contributed by atoms with E-state index >= 15 is 0 Å². The molecule has 2 aromatic rings. The fourth-order valence-corrected chi connectivity index (χ4v) is 3.28. The van der Waals surface area contributed by atoms with E-state index in [1.807, 2.05) is 12.3 Å². The van der Waals surface area contributed by atoms with E-state index < -0.39 is 0 Å². The first-order chi connectivity index (χ1) is 11.3. The summed E-state index contributed by atoms with van der Waals surface area (Å²) in [5.41, 5.74) is 2.37. The predicted octanol–water partition coefficient (Wildman–Crippen LogP) is 2.97. The molecule has 1 N–H and O–H groups in total. The van der Waals surface area contributed by atoms with E-state index in [1.165, 1.54) is 10.9 Å². The van der Waals surface area contributed by atoms with Crippen molar-refractivity contribution in [2.24, 2.45) is 5.92 Å². The Balaban J connectivity index is 1.59. The summed E-state index contributed by atoms with van der Waals surface area (Å²) in [5, 5.41) is 4.22. The number of hydrogen-bond acceptors (Lipinski definition) is 3. The Bertz CT molecular complexity index is 657. The van der Waals surface area contributed by atoms with Gasteiger partial charge in [-0.25, -0.2) is 0 Å². The number of para-hydroxylation sites is 1. The number of pyridine rings is 1. The van der Waals surface area contributed by atoms with E-state index in [9.17, 15) is 4.79 Å². The van der Waals surface area contributed by atoms with Crippen molar-refractivity contribution in [3.63, 3.8) is 0 Å². The summed E-state index contributed by atoms with van der Waals surface area (Å²) in [5.74, 6) is 0.418. The molecular weight excluding hydrogens is 286 g/mol. The molecule has 0 unspecified atom stereocenters. The Morgan fingerprint density at radius 2 is 2.04 bits per heavy atom. The monoisotopic (exact) mass is 311 g/mol. The van der Waals surface area contributed by atoms with Crippen LogP contribution in [0, 0.1) is 5.92 Å². The number of nitrogens with zero attached hydrogens (tertiary/aromatic N) is 2. The molecule has 4 heteroatoms. The summed E-state index contributed by atoms with van der Waals surface area (Å²) in [6.45, 7) is 5.75. The molecule has 0 bridgehead atoms. The van der Waals surface area contributed by atoms with Crippen molar-refractivity contribution in [1.29, 1.82) is 0 Å². The minimum atomic E-state index is 0.184. The molecule has 0 saturated carbocycles. The number of hydrogen-bond donors (Lipinski definition) is 1. The van der Waals surface area contributed by atoms with Gasteiger partial charge in [-0.05, 0) is 44.0 Å². The van der Waals surface area contributed by atoms with Gasteiger partial charge in [0.2, 0.25) is 5.91 Å². The number of nitrogens with one attached hydrogen (secondary N) is 1. The molecular formula is C19H25N3O. The predicted molar refractivity (Wildman–Crippen MR) is 93.0 cm³/mol. The smallest absolute Gasteiger partial charge is 0.223 e. The van der Waals surface area contributed by atoms with Gasteiger partial charge >= 0.3 is 0 Å². The molecule has 2 heterocycles. The third-order valence-corrected chi connectivity index (χ3v) is 4.62. The molecule has 4 nitrogen and oxygen atoms in total. The highest BCUT2D eigenvalue weighted by atomic mass is 16.1. The average molecular weight is 311 g/mol. The largest absolute Gasteiger partial charge is 0.356 e. The molecule has 1 saturated heterocycles. The number of carbonyl (C=O) groups is 1. The minimum Gasteiger partial charge on any atom is -0.356 e. The second kappa shape index (κ2) is 7.55. The van der Waals surface area contributed by atoms with Gasteiger partial charge in [-0.1, -0.05) is 31.2 Å². The van der Waals surface area contributed by atoms with Gasteiger partial charge in [-0.15, -0.1) is 0 Å². The maximum absolute atomic E-state index is 12.1. The van der Waals surface area contributed by atoms with Crippen LogP contribution in [0.25, 0.3) is 10.9 Å². The number of piperidine rings is 1. The highest BCUT2D eigenvalue weighted by molar-refractivity contribution is 5.81. The number of likely N-dealkylation sites (tertiary alicyclic amines) is 1. The maximum atomic E-state index is 12.1. The van der Waals surface area contributed by atoms with Crippen LogP contribution in [0.2, 0.25) is 0 Å². The van der Waals surface area contributed by atoms with Crippen LogP contribution in [0.4, 0.5) is 0 Å². The summed E-state index contributed by atoms with van der Waals surface area (Å²) in [6, 6.07) is 10.5. The van der Waals surface area contributed by atoms with Crippen molar-refractivity contribution < 1.29 is 4.79 Å². The van der Waals surface area contributed by atoms with Crippen LogP contribution in [-0.4, -0.2) is 35.4 Å². The molecule has 1 aromatic carbocycles. The van der Waals surface area contributed by atoms with E-state index in [4.69, 9.17) is 0 Å². The lowest BCUT2D eigenvalue weighted by Crippen LogP contribution is -2.40. The van der Waals surface area contributed by atoms with E-state index in [1.54, 1.807) is 0 Å². The Morgan fingerprint density at radius 1 is 1.26 bits per heavy atom. The van der Waals surface area contributed by atoms with E-state index in [0.29, 0.717) is 0 Å². The molecule has 0 aliphatic carbocycles. The molecule has 0 spiro atoms. The molecule has 23 heavy (non-hydrogen) atoms. The maximum Gasteiger partial charge on any atom is 0.223 e. The quantitative estimate of drug-likeness (QED) is 0.923. The minimum absolute atomic E-state index is 0.184. The summed E-state index contributed by atoms with van der Waals surface area (Å²) < 4.78 is 0. The third-order valence-electron chi connectivity index (χ3n) is 4.62. The van der Waals surface area contributed by atoms with Crippen LogP contribution in [0.15, 0.2) is 36.5 Å². The van der Waals surface area contributed by atoms with Crippen molar-refractivity contribution in [2.45, 2.75) is 32.7 Å². The molecule has 1 fully saturated rings. The Morgan fingerprint density at radius 3 is 2.83 bits per heavy atom. The number of amides is 1. The Hall–Kier alpha value is -1.94. The highest BCUT2D eigenvalue weighted by Gasteiger charge is 2.24. The lowest BCUT2D eigenvalue weighted by molar-refractivity contribution is -0.126. The van der Waals surface area contributed by atoms with E-state index in [-0.39, 0.29) is 11.8 Å². The standard InChI is InChI=1S/C19H25N3O/c1-2-10-21-19(23)16-8-12-22(13-9-16)14-17-6-3-5-15-7-4-11-20-18(15)17/h3-7,11,16H,2,8-10,12-14H2,1H3,(H,21,23). The van der Waals surface area contributed by atoms with Gasteiger partial charge < -0.3 is 5.32 Å². The first-order valence-corrected chi connectivity index (χ1v) is 8.60. The zero-order valence-electron chi connectivity index (χ0n) is 13.8. The molecule has 3 rings (SSSR count). The lowest BCUT2D eigenvalue weighted by Gasteiger charge is -2.31. The van der Waals surface area contributed by atoms with E-state index in [0.717, 1.165) is 51.0 Å². The number of aromatic nitrogens is 1. The van der Waals surface area contributed by atoms with Crippen LogP contribution in [0.5, 0.6) is 0 Å². The topological polar surface area (TPSA) is 45.2 Å². The van der Waals surface area contributed by atoms with Crippen LogP contribution in [0.3, 0.4) is 0 Å². The van der Waals surface area contributed by atoms with Gasteiger partial charge in [0.15, 0.2) is 0 Å².